The highest BCUT2D eigenvalue weighted by atomic mass is 16.5. The lowest BCUT2D eigenvalue weighted by Crippen LogP contribution is -2.27. The van der Waals surface area contributed by atoms with E-state index >= 15 is 0 Å². The van der Waals surface area contributed by atoms with Gasteiger partial charge < -0.3 is 20.3 Å². The second-order valence-electron chi connectivity index (χ2n) is 6.16. The molecule has 6 nitrogen and oxygen atoms in total. The van der Waals surface area contributed by atoms with Crippen LogP contribution in [0.4, 0.5) is 4.79 Å². The molecule has 0 aromatic heterocycles. The molecule has 3 rings (SSSR count). The second-order valence-corrected chi connectivity index (χ2v) is 6.16. The zero-order valence-electron chi connectivity index (χ0n) is 14.9. The van der Waals surface area contributed by atoms with Crippen LogP contribution in [0.3, 0.4) is 0 Å². The number of benzene rings is 3. The lowest BCUT2D eigenvalue weighted by atomic mass is 9.98. The third-order valence-electron chi connectivity index (χ3n) is 4.20. The molecule has 1 unspecified atom stereocenters. The number of aromatic carboxylic acids is 1. The molecular formula is C22H19NO5. The Bertz CT molecular complexity index is 954. The normalized spacial score (nSPS) is 11.4. The molecule has 0 saturated heterocycles. The summed E-state index contributed by atoms with van der Waals surface area (Å²) in [7, 11) is 0. The van der Waals surface area contributed by atoms with E-state index in [1.165, 1.54) is 12.1 Å². The van der Waals surface area contributed by atoms with Crippen LogP contribution in [0.2, 0.25) is 0 Å². The van der Waals surface area contributed by atoms with E-state index in [0.717, 1.165) is 16.7 Å². The average Bonchev–Trinajstić information content (AvgIpc) is 2.71. The number of hydrogen-bond donors (Lipinski definition) is 3. The fraction of sp³-hybridized carbons (Fsp3) is 0.0909. The summed E-state index contributed by atoms with van der Waals surface area (Å²) in [5.41, 5.74) is 2.63. The van der Waals surface area contributed by atoms with Crippen molar-refractivity contribution in [3.63, 3.8) is 0 Å². The molecule has 0 spiro atoms. The summed E-state index contributed by atoms with van der Waals surface area (Å²) in [5, 5.41) is 20.7. The molecule has 0 aliphatic heterocycles. The zero-order valence-corrected chi connectivity index (χ0v) is 14.9. The van der Waals surface area contributed by atoms with E-state index in [4.69, 9.17) is 9.84 Å². The Balaban J connectivity index is 1.76. The average molecular weight is 377 g/mol. The molecule has 0 aliphatic carbocycles. The van der Waals surface area contributed by atoms with Gasteiger partial charge in [0.05, 0.1) is 11.6 Å². The number of ether oxygens (including phenoxy) is 1. The van der Waals surface area contributed by atoms with Crippen molar-refractivity contribution in [2.75, 3.05) is 0 Å². The maximum absolute atomic E-state index is 11.2. The molecule has 3 aromatic rings. The van der Waals surface area contributed by atoms with E-state index in [0.29, 0.717) is 5.75 Å². The first-order valence-corrected chi connectivity index (χ1v) is 8.62. The summed E-state index contributed by atoms with van der Waals surface area (Å²) in [6.07, 6.45) is -1.11. The lowest BCUT2D eigenvalue weighted by molar-refractivity contribution is 0.0696. The number of rotatable bonds is 7. The van der Waals surface area contributed by atoms with Crippen molar-refractivity contribution in [3.8, 4) is 5.75 Å². The van der Waals surface area contributed by atoms with Crippen LogP contribution < -0.4 is 10.1 Å². The van der Waals surface area contributed by atoms with Crippen molar-refractivity contribution in [3.05, 3.63) is 101 Å². The maximum atomic E-state index is 11.2. The van der Waals surface area contributed by atoms with E-state index < -0.39 is 18.1 Å². The first-order chi connectivity index (χ1) is 13.5. The largest absolute Gasteiger partial charge is 0.489 e. The van der Waals surface area contributed by atoms with Crippen LogP contribution >= 0.6 is 0 Å². The summed E-state index contributed by atoms with van der Waals surface area (Å²) >= 11 is 0. The summed E-state index contributed by atoms with van der Waals surface area (Å²) in [5.74, 6) is -0.383. The number of hydrogen-bond acceptors (Lipinski definition) is 3. The molecule has 3 N–H and O–H groups in total. The molecule has 1 amide bonds. The summed E-state index contributed by atoms with van der Waals surface area (Å²) in [6, 6.07) is 22.5. The minimum atomic E-state index is -1.11. The third kappa shape index (κ3) is 4.88. The quantitative estimate of drug-likeness (QED) is 0.570. The third-order valence-corrected chi connectivity index (χ3v) is 4.20. The predicted molar refractivity (Wildman–Crippen MR) is 104 cm³/mol. The molecule has 142 valence electrons. The Hall–Kier alpha value is -3.80. The van der Waals surface area contributed by atoms with Crippen LogP contribution in [0.1, 0.15) is 33.1 Å². The fourth-order valence-corrected chi connectivity index (χ4v) is 2.82. The van der Waals surface area contributed by atoms with Crippen molar-refractivity contribution in [2.45, 2.75) is 12.6 Å². The molecular weight excluding hydrogens is 358 g/mol. The van der Waals surface area contributed by atoms with Gasteiger partial charge in [0.25, 0.3) is 0 Å². The Morgan fingerprint density at radius 2 is 1.54 bits per heavy atom. The second kappa shape index (κ2) is 8.73. The Morgan fingerprint density at radius 3 is 2.18 bits per heavy atom. The highest BCUT2D eigenvalue weighted by molar-refractivity contribution is 5.87. The van der Waals surface area contributed by atoms with Gasteiger partial charge in [-0.1, -0.05) is 54.6 Å². The first-order valence-electron chi connectivity index (χ1n) is 8.62. The van der Waals surface area contributed by atoms with Crippen LogP contribution in [0.25, 0.3) is 0 Å². The number of carboxylic acid groups (broad SMARTS) is 2. The van der Waals surface area contributed by atoms with Crippen molar-refractivity contribution < 1.29 is 24.5 Å². The molecule has 0 bridgehead atoms. The topological polar surface area (TPSA) is 95.9 Å². The standard InChI is InChI=1S/C22H19NO5/c24-21(25)17-11-9-15(10-12-17)14-28-19-8-4-7-18(13-19)20(23-22(26)27)16-5-2-1-3-6-16/h1-13,20,23H,14H2,(H,24,25)(H,26,27). The molecule has 0 heterocycles. The predicted octanol–water partition coefficient (Wildman–Crippen LogP) is 4.32. The number of carbonyl (C=O) groups is 2. The van der Waals surface area contributed by atoms with E-state index in [1.54, 1.807) is 30.3 Å². The van der Waals surface area contributed by atoms with Crippen LogP contribution in [0, 0.1) is 0 Å². The summed E-state index contributed by atoms with van der Waals surface area (Å²) in [4.78, 5) is 22.2. The minimum Gasteiger partial charge on any atom is -0.489 e. The number of amides is 1. The van der Waals surface area contributed by atoms with Gasteiger partial charge in [-0.15, -0.1) is 0 Å². The van der Waals surface area contributed by atoms with E-state index in [-0.39, 0.29) is 12.2 Å². The fourth-order valence-electron chi connectivity index (χ4n) is 2.82. The highest BCUT2D eigenvalue weighted by Crippen LogP contribution is 2.25. The van der Waals surface area contributed by atoms with Gasteiger partial charge in [0.2, 0.25) is 0 Å². The van der Waals surface area contributed by atoms with Crippen LogP contribution in [0.5, 0.6) is 5.75 Å². The SMILES string of the molecule is O=C(O)NC(c1ccccc1)c1cccc(OCc2ccc(C(=O)O)cc2)c1. The van der Waals surface area contributed by atoms with Gasteiger partial charge in [-0.25, -0.2) is 9.59 Å². The molecule has 0 radical (unpaired) electrons. The van der Waals surface area contributed by atoms with Crippen molar-refractivity contribution >= 4 is 12.1 Å². The number of carboxylic acids is 1. The smallest absolute Gasteiger partial charge is 0.405 e. The molecule has 3 aromatic carbocycles. The molecule has 1 atom stereocenters. The van der Waals surface area contributed by atoms with Crippen LogP contribution in [-0.2, 0) is 6.61 Å². The number of nitrogens with one attached hydrogen (secondary N) is 1. The highest BCUT2D eigenvalue weighted by Gasteiger charge is 2.16. The minimum absolute atomic E-state index is 0.219. The van der Waals surface area contributed by atoms with E-state index in [2.05, 4.69) is 5.32 Å². The van der Waals surface area contributed by atoms with Crippen LogP contribution in [0.15, 0.2) is 78.9 Å². The summed E-state index contributed by atoms with van der Waals surface area (Å²) in [6.45, 7) is 0.270. The maximum Gasteiger partial charge on any atom is 0.405 e. The molecule has 28 heavy (non-hydrogen) atoms. The van der Waals surface area contributed by atoms with Crippen molar-refractivity contribution in [1.29, 1.82) is 0 Å². The van der Waals surface area contributed by atoms with Gasteiger partial charge >= 0.3 is 12.1 Å². The Labute approximate surface area is 162 Å². The van der Waals surface area contributed by atoms with Gasteiger partial charge in [0.1, 0.15) is 12.4 Å². The van der Waals surface area contributed by atoms with Gasteiger partial charge in [-0.3, -0.25) is 0 Å². The van der Waals surface area contributed by atoms with Gasteiger partial charge in [-0.2, -0.15) is 0 Å². The molecule has 0 fully saturated rings. The Kier molecular flexibility index (Phi) is 5.91. The monoisotopic (exact) mass is 377 g/mol. The molecule has 0 aliphatic rings. The van der Waals surface area contributed by atoms with Gasteiger partial charge in [-0.05, 0) is 41.0 Å². The van der Waals surface area contributed by atoms with E-state index in [1.807, 2.05) is 36.4 Å². The molecule has 0 saturated carbocycles. The lowest BCUT2D eigenvalue weighted by Gasteiger charge is -2.19. The van der Waals surface area contributed by atoms with Crippen molar-refractivity contribution in [2.24, 2.45) is 0 Å². The van der Waals surface area contributed by atoms with Gasteiger partial charge in [0, 0.05) is 0 Å². The van der Waals surface area contributed by atoms with E-state index in [9.17, 15) is 14.7 Å². The van der Waals surface area contributed by atoms with Crippen molar-refractivity contribution in [1.82, 2.24) is 5.32 Å². The Morgan fingerprint density at radius 1 is 0.857 bits per heavy atom. The van der Waals surface area contributed by atoms with Gasteiger partial charge in [0.15, 0.2) is 0 Å². The summed E-state index contributed by atoms with van der Waals surface area (Å²) < 4.78 is 5.80. The zero-order chi connectivity index (χ0) is 19.9. The first kappa shape index (κ1) is 19.0. The van der Waals surface area contributed by atoms with Crippen LogP contribution in [-0.4, -0.2) is 22.3 Å². The molecule has 6 heteroatoms.